The van der Waals surface area contributed by atoms with Gasteiger partial charge >= 0.3 is 5.97 Å². The van der Waals surface area contributed by atoms with E-state index in [0.29, 0.717) is 13.0 Å². The van der Waals surface area contributed by atoms with Crippen molar-refractivity contribution in [1.29, 1.82) is 0 Å². The van der Waals surface area contributed by atoms with Gasteiger partial charge in [0.15, 0.2) is 0 Å². The summed E-state index contributed by atoms with van der Waals surface area (Å²) in [5, 5.41) is 2.29. The molecule has 1 heterocycles. The van der Waals surface area contributed by atoms with E-state index < -0.39 is 17.4 Å². The van der Waals surface area contributed by atoms with Crippen molar-refractivity contribution in [2.45, 2.75) is 23.9 Å². The molecule has 0 bridgehead atoms. The van der Waals surface area contributed by atoms with Crippen molar-refractivity contribution in [1.82, 2.24) is 10.2 Å². The summed E-state index contributed by atoms with van der Waals surface area (Å²) in [5.41, 5.74) is 0.723. The van der Waals surface area contributed by atoms with Crippen molar-refractivity contribution >= 4 is 23.5 Å². The molecule has 5 nitrogen and oxygen atoms in total. The van der Waals surface area contributed by atoms with E-state index >= 15 is 0 Å². The Labute approximate surface area is 129 Å². The number of halogens is 1. The van der Waals surface area contributed by atoms with Crippen LogP contribution in [0.1, 0.15) is 17.4 Å². The molecular weight excluding hydrogens is 292 g/mol. The molecule has 1 aliphatic heterocycles. The minimum atomic E-state index is -0.797. The molecule has 0 aromatic heterocycles. The lowest BCUT2D eigenvalue weighted by Crippen LogP contribution is -2.43. The minimum Gasteiger partial charge on any atom is -0.467 e. The second-order valence-corrected chi connectivity index (χ2v) is 5.46. The van der Waals surface area contributed by atoms with Gasteiger partial charge in [-0.2, -0.15) is 0 Å². The number of esters is 1. The monoisotopic (exact) mass is 310 g/mol. The summed E-state index contributed by atoms with van der Waals surface area (Å²) in [4.78, 5) is 26.0. The van der Waals surface area contributed by atoms with E-state index in [1.165, 1.54) is 12.0 Å². The molecule has 1 aliphatic rings. The first-order valence-corrected chi connectivity index (χ1v) is 7.26. The van der Waals surface area contributed by atoms with Crippen LogP contribution < -0.4 is 5.32 Å². The first-order valence-electron chi connectivity index (χ1n) is 6.83. The predicted molar refractivity (Wildman–Crippen MR) is 80.0 cm³/mol. The average molecular weight is 311 g/mol. The molecule has 114 valence electrons. The van der Waals surface area contributed by atoms with Crippen LogP contribution in [0, 0.1) is 0 Å². The summed E-state index contributed by atoms with van der Waals surface area (Å²) in [7, 11) is 3.13. The molecule has 2 rings (SSSR count). The highest BCUT2D eigenvalue weighted by Gasteiger charge is 2.41. The van der Waals surface area contributed by atoms with Crippen LogP contribution in [0.2, 0.25) is 0 Å². The van der Waals surface area contributed by atoms with Crippen molar-refractivity contribution in [2.24, 2.45) is 0 Å². The normalized spacial score (nSPS) is 22.9. The number of carbonyl (C=O) groups is 2. The molecule has 0 aliphatic carbocycles. The summed E-state index contributed by atoms with van der Waals surface area (Å²) >= 11 is 6.28. The Morgan fingerprint density at radius 2 is 2.05 bits per heavy atom. The molecule has 1 aromatic rings. The molecule has 0 saturated carbocycles. The number of alkyl halides is 1. The number of nitrogens with zero attached hydrogens (tertiary/aromatic N) is 1. The van der Waals surface area contributed by atoms with Crippen LogP contribution in [0.3, 0.4) is 0 Å². The SMILES string of the molecule is CNC1CC(C(=O)OC)N(C(=O)C(Cl)c2ccccc2)C1. The number of amides is 1. The van der Waals surface area contributed by atoms with Crippen LogP contribution in [0.5, 0.6) is 0 Å². The van der Waals surface area contributed by atoms with Gasteiger partial charge in [-0.25, -0.2) is 4.79 Å². The number of likely N-dealkylation sites (tertiary alicyclic amines) is 1. The number of carbonyl (C=O) groups excluding carboxylic acids is 2. The zero-order chi connectivity index (χ0) is 15.4. The van der Waals surface area contributed by atoms with Crippen molar-refractivity contribution in [2.75, 3.05) is 20.7 Å². The standard InChI is InChI=1S/C15H19ClN2O3/c1-17-11-8-12(15(20)21-2)18(9-11)14(19)13(16)10-6-4-3-5-7-10/h3-7,11-13,17H,8-9H2,1-2H3. The van der Waals surface area contributed by atoms with E-state index in [-0.39, 0.29) is 11.9 Å². The maximum Gasteiger partial charge on any atom is 0.328 e. The van der Waals surface area contributed by atoms with Gasteiger partial charge in [0.1, 0.15) is 11.4 Å². The van der Waals surface area contributed by atoms with Gasteiger partial charge in [0, 0.05) is 12.6 Å². The number of rotatable bonds is 4. The Bertz CT molecular complexity index is 509. The van der Waals surface area contributed by atoms with Gasteiger partial charge in [0.2, 0.25) is 5.91 Å². The van der Waals surface area contributed by atoms with Gasteiger partial charge in [0.05, 0.1) is 7.11 Å². The summed E-state index contributed by atoms with van der Waals surface area (Å²) < 4.78 is 4.79. The lowest BCUT2D eigenvalue weighted by Gasteiger charge is -2.25. The van der Waals surface area contributed by atoms with Gasteiger partial charge in [-0.1, -0.05) is 30.3 Å². The fourth-order valence-corrected chi connectivity index (χ4v) is 2.83. The van der Waals surface area contributed by atoms with Gasteiger partial charge in [0.25, 0.3) is 0 Å². The fourth-order valence-electron chi connectivity index (χ4n) is 2.56. The van der Waals surface area contributed by atoms with E-state index in [2.05, 4.69) is 5.32 Å². The molecule has 0 radical (unpaired) electrons. The zero-order valence-electron chi connectivity index (χ0n) is 12.1. The maximum atomic E-state index is 12.6. The molecule has 3 atom stereocenters. The van der Waals surface area contributed by atoms with Gasteiger partial charge in [-0.15, -0.1) is 11.6 Å². The van der Waals surface area contributed by atoms with Gasteiger partial charge < -0.3 is 15.0 Å². The largest absolute Gasteiger partial charge is 0.467 e. The molecule has 0 spiro atoms. The van der Waals surface area contributed by atoms with Crippen molar-refractivity contribution in [3.8, 4) is 0 Å². The van der Waals surface area contributed by atoms with Crippen LogP contribution in [-0.4, -0.2) is 49.6 Å². The number of ether oxygens (including phenoxy) is 1. The number of methoxy groups -OCH3 is 1. The molecule has 1 amide bonds. The number of nitrogens with one attached hydrogen (secondary N) is 1. The summed E-state index contributed by atoms with van der Waals surface area (Å²) in [6.45, 7) is 0.450. The number of likely N-dealkylation sites (N-methyl/N-ethyl adjacent to an activating group) is 1. The fraction of sp³-hybridized carbons (Fsp3) is 0.467. The molecule has 1 aromatic carbocycles. The zero-order valence-corrected chi connectivity index (χ0v) is 12.8. The Balaban J connectivity index is 2.17. The van der Waals surface area contributed by atoms with E-state index in [9.17, 15) is 9.59 Å². The highest BCUT2D eigenvalue weighted by molar-refractivity contribution is 6.30. The number of hydrogen-bond acceptors (Lipinski definition) is 4. The van der Waals surface area contributed by atoms with Gasteiger partial charge in [-0.3, -0.25) is 4.79 Å². The van der Waals surface area contributed by atoms with Crippen LogP contribution in [0.25, 0.3) is 0 Å². The quantitative estimate of drug-likeness (QED) is 0.673. The third kappa shape index (κ3) is 3.36. The van der Waals surface area contributed by atoms with Crippen LogP contribution in [0.15, 0.2) is 30.3 Å². The third-order valence-corrected chi connectivity index (χ3v) is 4.21. The summed E-state index contributed by atoms with van der Waals surface area (Å²) in [5.74, 6) is -0.672. The number of hydrogen-bond donors (Lipinski definition) is 1. The van der Waals surface area contributed by atoms with Crippen molar-refractivity contribution in [3.05, 3.63) is 35.9 Å². The second kappa shape index (κ2) is 6.91. The molecule has 1 N–H and O–H groups in total. The molecule has 3 unspecified atom stereocenters. The Hall–Kier alpha value is -1.59. The third-order valence-electron chi connectivity index (χ3n) is 3.77. The lowest BCUT2D eigenvalue weighted by molar-refractivity contribution is -0.150. The highest BCUT2D eigenvalue weighted by Crippen LogP contribution is 2.28. The Morgan fingerprint density at radius 3 is 2.62 bits per heavy atom. The molecular formula is C15H19ClN2O3. The van der Waals surface area contributed by atoms with Crippen molar-refractivity contribution < 1.29 is 14.3 Å². The van der Waals surface area contributed by atoms with Crippen molar-refractivity contribution in [3.63, 3.8) is 0 Å². The molecule has 1 saturated heterocycles. The van der Waals surface area contributed by atoms with Crippen LogP contribution >= 0.6 is 11.6 Å². The molecule has 1 fully saturated rings. The Morgan fingerprint density at radius 1 is 1.38 bits per heavy atom. The number of benzene rings is 1. The van der Waals surface area contributed by atoms with E-state index in [1.54, 1.807) is 12.1 Å². The topological polar surface area (TPSA) is 58.6 Å². The first-order chi connectivity index (χ1) is 10.1. The van der Waals surface area contributed by atoms with E-state index in [0.717, 1.165) is 5.56 Å². The maximum absolute atomic E-state index is 12.6. The van der Waals surface area contributed by atoms with Gasteiger partial charge in [-0.05, 0) is 19.0 Å². The van der Waals surface area contributed by atoms with E-state index in [4.69, 9.17) is 16.3 Å². The summed E-state index contributed by atoms with van der Waals surface area (Å²) in [6, 6.07) is 8.61. The van der Waals surface area contributed by atoms with Crippen LogP contribution in [-0.2, 0) is 14.3 Å². The smallest absolute Gasteiger partial charge is 0.328 e. The molecule has 21 heavy (non-hydrogen) atoms. The predicted octanol–water partition coefficient (Wildman–Crippen LogP) is 1.33. The van der Waals surface area contributed by atoms with E-state index in [1.807, 2.05) is 25.2 Å². The minimum absolute atomic E-state index is 0.0673. The first kappa shape index (κ1) is 15.8. The molecule has 6 heteroatoms. The second-order valence-electron chi connectivity index (χ2n) is 5.02. The lowest BCUT2D eigenvalue weighted by atomic mass is 10.1. The summed E-state index contributed by atoms with van der Waals surface area (Å²) in [6.07, 6.45) is 0.535. The Kier molecular flexibility index (Phi) is 5.20. The van der Waals surface area contributed by atoms with Crippen LogP contribution in [0.4, 0.5) is 0 Å². The average Bonchev–Trinajstić information content (AvgIpc) is 2.97. The highest BCUT2D eigenvalue weighted by atomic mass is 35.5.